The van der Waals surface area contributed by atoms with E-state index in [1.54, 1.807) is 0 Å². The number of nitrogens with two attached hydrogens (primary N) is 1. The first-order valence-corrected chi connectivity index (χ1v) is 7.09. The van der Waals surface area contributed by atoms with Crippen molar-refractivity contribution >= 4 is 0 Å². The Morgan fingerprint density at radius 3 is 2.68 bits per heavy atom. The fraction of sp³-hybridized carbons (Fsp3) is 0.846. The highest BCUT2D eigenvalue weighted by Crippen LogP contribution is 2.35. The maximum atomic E-state index is 5.71. The molecule has 1 unspecified atom stereocenters. The molecule has 3 rings (SSSR count). The minimum atomic E-state index is -0.174. The Morgan fingerprint density at radius 1 is 1.16 bits per heavy atom. The van der Waals surface area contributed by atoms with Gasteiger partial charge >= 0.3 is 0 Å². The molecule has 106 valence electrons. The van der Waals surface area contributed by atoms with Crippen molar-refractivity contribution in [2.24, 2.45) is 11.7 Å². The summed E-state index contributed by atoms with van der Waals surface area (Å²) in [5.41, 5.74) is 5.71. The van der Waals surface area contributed by atoms with Gasteiger partial charge in [-0.2, -0.15) is 4.98 Å². The molecule has 2 aliphatic rings. The highest BCUT2D eigenvalue weighted by molar-refractivity contribution is 4.99. The predicted octanol–water partition coefficient (Wildman–Crippen LogP) is 1.39. The molecule has 6 heteroatoms. The molecule has 1 aliphatic heterocycles. The van der Waals surface area contributed by atoms with Gasteiger partial charge in [0, 0.05) is 5.92 Å². The molecular weight excluding hydrogens is 246 g/mol. The Balaban J connectivity index is 1.61. The average molecular weight is 267 g/mol. The van der Waals surface area contributed by atoms with Gasteiger partial charge in [0.25, 0.3) is 0 Å². The first kappa shape index (κ1) is 13.0. The molecule has 1 saturated carbocycles. The first-order valence-electron chi connectivity index (χ1n) is 7.09. The lowest BCUT2D eigenvalue weighted by Crippen LogP contribution is -2.23. The smallest absolute Gasteiger partial charge is 0.229 e. The van der Waals surface area contributed by atoms with Gasteiger partial charge in [0.1, 0.15) is 6.10 Å². The molecule has 0 spiro atoms. The molecule has 1 atom stereocenters. The lowest BCUT2D eigenvalue weighted by atomic mass is 9.82. The van der Waals surface area contributed by atoms with Crippen LogP contribution < -0.4 is 5.73 Å². The van der Waals surface area contributed by atoms with Crippen LogP contribution in [0.5, 0.6) is 0 Å². The van der Waals surface area contributed by atoms with Crippen molar-refractivity contribution in [1.82, 2.24) is 10.1 Å². The molecule has 0 radical (unpaired) electrons. The van der Waals surface area contributed by atoms with E-state index in [0.717, 1.165) is 38.1 Å². The van der Waals surface area contributed by atoms with Gasteiger partial charge in [-0.15, -0.1) is 0 Å². The summed E-state index contributed by atoms with van der Waals surface area (Å²) in [6.45, 7) is 2.54. The largest absolute Gasteiger partial charge is 0.376 e. The maximum Gasteiger partial charge on any atom is 0.229 e. The van der Waals surface area contributed by atoms with E-state index in [2.05, 4.69) is 10.1 Å². The molecular formula is C13H21N3O3. The van der Waals surface area contributed by atoms with Crippen LogP contribution in [0, 0.1) is 5.92 Å². The summed E-state index contributed by atoms with van der Waals surface area (Å²) in [5.74, 6) is 2.41. The van der Waals surface area contributed by atoms with E-state index in [-0.39, 0.29) is 6.10 Å². The third-order valence-electron chi connectivity index (χ3n) is 4.09. The highest BCUT2D eigenvalue weighted by Gasteiger charge is 2.28. The van der Waals surface area contributed by atoms with Gasteiger partial charge in [0.05, 0.1) is 19.8 Å². The Morgan fingerprint density at radius 2 is 2.00 bits per heavy atom. The first-order chi connectivity index (χ1) is 9.36. The second kappa shape index (κ2) is 5.98. The summed E-state index contributed by atoms with van der Waals surface area (Å²) in [6, 6.07) is 0. The van der Waals surface area contributed by atoms with Gasteiger partial charge in [-0.05, 0) is 38.1 Å². The zero-order valence-corrected chi connectivity index (χ0v) is 11.1. The third kappa shape index (κ3) is 2.96. The fourth-order valence-corrected chi connectivity index (χ4v) is 2.83. The van der Waals surface area contributed by atoms with E-state index in [1.165, 1.54) is 0 Å². The van der Waals surface area contributed by atoms with Crippen LogP contribution in [0.3, 0.4) is 0 Å². The van der Waals surface area contributed by atoms with Crippen LogP contribution in [0.15, 0.2) is 4.52 Å². The van der Waals surface area contributed by atoms with Crippen molar-refractivity contribution in [3.05, 3.63) is 11.7 Å². The van der Waals surface area contributed by atoms with Gasteiger partial charge in [-0.3, -0.25) is 0 Å². The van der Waals surface area contributed by atoms with Gasteiger partial charge in [0.15, 0.2) is 0 Å². The Hall–Kier alpha value is -0.980. The fourth-order valence-electron chi connectivity index (χ4n) is 2.83. The van der Waals surface area contributed by atoms with Crippen molar-refractivity contribution in [2.75, 3.05) is 26.4 Å². The summed E-state index contributed by atoms with van der Waals surface area (Å²) in [7, 11) is 0. The van der Waals surface area contributed by atoms with Crippen molar-refractivity contribution < 1.29 is 14.0 Å². The molecule has 1 aliphatic carbocycles. The van der Waals surface area contributed by atoms with Crippen LogP contribution in [0.4, 0.5) is 0 Å². The van der Waals surface area contributed by atoms with Crippen LogP contribution >= 0.6 is 0 Å². The molecule has 2 heterocycles. The van der Waals surface area contributed by atoms with Gasteiger partial charge in [0.2, 0.25) is 11.7 Å². The van der Waals surface area contributed by atoms with Crippen LogP contribution in [0.25, 0.3) is 0 Å². The molecule has 2 N–H and O–H groups in total. The van der Waals surface area contributed by atoms with Crippen LogP contribution in [0.1, 0.15) is 49.4 Å². The van der Waals surface area contributed by atoms with Crippen LogP contribution in [-0.2, 0) is 9.47 Å². The molecule has 0 amide bonds. The Labute approximate surface area is 112 Å². The SMILES string of the molecule is NCC1CCC(c2nc(C3COCCO3)no2)CC1. The number of hydrogen-bond acceptors (Lipinski definition) is 6. The molecule has 1 aromatic rings. The molecule has 0 aromatic carbocycles. The number of rotatable bonds is 3. The topological polar surface area (TPSA) is 83.4 Å². The van der Waals surface area contributed by atoms with Crippen molar-refractivity contribution in [1.29, 1.82) is 0 Å². The van der Waals surface area contributed by atoms with Crippen LogP contribution in [0.2, 0.25) is 0 Å². The number of hydrogen-bond donors (Lipinski definition) is 1. The predicted molar refractivity (Wildman–Crippen MR) is 67.6 cm³/mol. The summed E-state index contributed by atoms with van der Waals surface area (Å²) in [5, 5.41) is 4.04. The molecule has 6 nitrogen and oxygen atoms in total. The summed E-state index contributed by atoms with van der Waals surface area (Å²) < 4.78 is 16.3. The minimum Gasteiger partial charge on any atom is -0.376 e. The molecule has 19 heavy (non-hydrogen) atoms. The van der Waals surface area contributed by atoms with E-state index in [4.69, 9.17) is 19.7 Å². The highest BCUT2D eigenvalue weighted by atomic mass is 16.6. The molecule has 0 bridgehead atoms. The van der Waals surface area contributed by atoms with Crippen molar-refractivity contribution in [3.8, 4) is 0 Å². The third-order valence-corrected chi connectivity index (χ3v) is 4.09. The number of ether oxygens (including phenoxy) is 2. The van der Waals surface area contributed by atoms with Crippen molar-refractivity contribution in [2.45, 2.75) is 37.7 Å². The van der Waals surface area contributed by atoms with E-state index in [1.807, 2.05) is 0 Å². The molecule has 1 aromatic heterocycles. The lowest BCUT2D eigenvalue weighted by molar-refractivity contribution is -0.0941. The van der Waals surface area contributed by atoms with E-state index in [9.17, 15) is 0 Å². The maximum absolute atomic E-state index is 5.71. The normalized spacial score (nSPS) is 32.4. The second-order valence-electron chi connectivity index (χ2n) is 5.38. The zero-order chi connectivity index (χ0) is 13.1. The molecule has 1 saturated heterocycles. The van der Waals surface area contributed by atoms with E-state index in [0.29, 0.717) is 37.5 Å². The summed E-state index contributed by atoms with van der Waals surface area (Å²) >= 11 is 0. The van der Waals surface area contributed by atoms with E-state index < -0.39 is 0 Å². The second-order valence-corrected chi connectivity index (χ2v) is 5.38. The lowest BCUT2D eigenvalue weighted by Gasteiger charge is -2.25. The van der Waals surface area contributed by atoms with Gasteiger partial charge < -0.3 is 19.7 Å². The quantitative estimate of drug-likeness (QED) is 0.891. The molecule has 2 fully saturated rings. The van der Waals surface area contributed by atoms with Crippen LogP contribution in [-0.4, -0.2) is 36.5 Å². The minimum absolute atomic E-state index is 0.174. The van der Waals surface area contributed by atoms with E-state index >= 15 is 0 Å². The zero-order valence-electron chi connectivity index (χ0n) is 11.1. The van der Waals surface area contributed by atoms with Gasteiger partial charge in [-0.1, -0.05) is 5.16 Å². The summed E-state index contributed by atoms with van der Waals surface area (Å²) in [4.78, 5) is 4.49. The monoisotopic (exact) mass is 267 g/mol. The van der Waals surface area contributed by atoms with Gasteiger partial charge in [-0.25, -0.2) is 0 Å². The summed E-state index contributed by atoms with van der Waals surface area (Å²) in [6.07, 6.45) is 4.31. The Bertz CT molecular complexity index is 396. The van der Waals surface area contributed by atoms with Crippen molar-refractivity contribution in [3.63, 3.8) is 0 Å². The number of nitrogens with zero attached hydrogens (tertiary/aromatic N) is 2. The standard InChI is InChI=1S/C13H21N3O3/c14-7-9-1-3-10(4-2-9)13-15-12(16-19-13)11-8-17-5-6-18-11/h9-11H,1-8,14H2. The average Bonchev–Trinajstić information content (AvgIpc) is 2.98. The number of aromatic nitrogens is 2. The Kier molecular flexibility index (Phi) is 4.10.